The fourth-order valence-electron chi connectivity index (χ4n) is 1.19. The maximum Gasteiger partial charge on any atom is 0.231 e. The third-order valence-electron chi connectivity index (χ3n) is 1.95. The molecule has 0 heterocycles. The minimum absolute atomic E-state index is 0.0243. The number of rotatable bonds is 4. The standard InChI is InChI=1S/C10H13ClN2O/c1-7(13-6-10(12)14)8-4-2-3-5-9(8)11/h2-5,7,13H,6H2,1H3,(H2,12,14). The van der Waals surface area contributed by atoms with Gasteiger partial charge >= 0.3 is 0 Å². The second kappa shape index (κ2) is 4.98. The normalized spacial score (nSPS) is 12.4. The van der Waals surface area contributed by atoms with Crippen LogP contribution in [-0.4, -0.2) is 12.5 Å². The fourth-order valence-corrected chi connectivity index (χ4v) is 1.49. The molecule has 0 aliphatic rings. The molecule has 0 saturated heterocycles. The Bertz CT molecular complexity index is 328. The summed E-state index contributed by atoms with van der Waals surface area (Å²) < 4.78 is 0. The van der Waals surface area contributed by atoms with E-state index in [-0.39, 0.29) is 18.5 Å². The van der Waals surface area contributed by atoms with E-state index in [9.17, 15) is 4.79 Å². The quantitative estimate of drug-likeness (QED) is 0.795. The molecule has 1 amide bonds. The highest BCUT2D eigenvalue weighted by Crippen LogP contribution is 2.21. The molecule has 3 nitrogen and oxygen atoms in total. The van der Waals surface area contributed by atoms with Crippen LogP contribution in [-0.2, 0) is 4.79 Å². The summed E-state index contributed by atoms with van der Waals surface area (Å²) in [6.45, 7) is 2.09. The summed E-state index contributed by atoms with van der Waals surface area (Å²) in [5, 5.41) is 3.67. The molecule has 1 aromatic rings. The number of benzene rings is 1. The van der Waals surface area contributed by atoms with Crippen molar-refractivity contribution in [2.45, 2.75) is 13.0 Å². The van der Waals surface area contributed by atoms with Gasteiger partial charge in [-0.1, -0.05) is 29.8 Å². The van der Waals surface area contributed by atoms with E-state index in [1.807, 2.05) is 31.2 Å². The second-order valence-electron chi connectivity index (χ2n) is 3.09. The van der Waals surface area contributed by atoms with Crippen LogP contribution in [0.5, 0.6) is 0 Å². The van der Waals surface area contributed by atoms with E-state index in [2.05, 4.69) is 5.32 Å². The van der Waals surface area contributed by atoms with E-state index >= 15 is 0 Å². The molecule has 0 aromatic heterocycles. The van der Waals surface area contributed by atoms with E-state index in [1.54, 1.807) is 0 Å². The highest BCUT2D eigenvalue weighted by atomic mass is 35.5. The lowest BCUT2D eigenvalue weighted by Crippen LogP contribution is -2.30. The van der Waals surface area contributed by atoms with Crippen LogP contribution < -0.4 is 11.1 Å². The number of hydrogen-bond donors (Lipinski definition) is 2. The molecule has 1 rings (SSSR count). The summed E-state index contributed by atoms with van der Waals surface area (Å²) in [6.07, 6.45) is 0. The Morgan fingerprint density at radius 1 is 1.57 bits per heavy atom. The van der Waals surface area contributed by atoms with Gasteiger partial charge in [0.25, 0.3) is 0 Å². The summed E-state index contributed by atoms with van der Waals surface area (Å²) in [5.74, 6) is -0.371. The van der Waals surface area contributed by atoms with Gasteiger partial charge in [-0.3, -0.25) is 4.79 Å². The lowest BCUT2D eigenvalue weighted by atomic mass is 10.1. The number of nitrogens with one attached hydrogen (secondary N) is 1. The molecule has 0 bridgehead atoms. The number of amides is 1. The van der Waals surface area contributed by atoms with Gasteiger partial charge in [-0.15, -0.1) is 0 Å². The lowest BCUT2D eigenvalue weighted by Gasteiger charge is -2.14. The molecule has 4 heteroatoms. The largest absolute Gasteiger partial charge is 0.369 e. The second-order valence-corrected chi connectivity index (χ2v) is 3.50. The molecule has 76 valence electrons. The predicted octanol–water partition coefficient (Wildman–Crippen LogP) is 1.48. The van der Waals surface area contributed by atoms with Crippen molar-refractivity contribution in [2.75, 3.05) is 6.54 Å². The Labute approximate surface area is 88.2 Å². The summed E-state index contributed by atoms with van der Waals surface area (Å²) in [5.41, 5.74) is 5.99. The van der Waals surface area contributed by atoms with Crippen LogP contribution >= 0.6 is 11.6 Å². The highest BCUT2D eigenvalue weighted by Gasteiger charge is 2.08. The average Bonchev–Trinajstić information content (AvgIpc) is 2.15. The average molecular weight is 213 g/mol. The van der Waals surface area contributed by atoms with Crippen molar-refractivity contribution < 1.29 is 4.79 Å². The zero-order valence-corrected chi connectivity index (χ0v) is 8.71. The molecule has 0 radical (unpaired) electrons. The van der Waals surface area contributed by atoms with Gasteiger partial charge in [0.1, 0.15) is 0 Å². The van der Waals surface area contributed by atoms with Crippen molar-refractivity contribution in [1.82, 2.24) is 5.32 Å². The van der Waals surface area contributed by atoms with Gasteiger partial charge in [-0.25, -0.2) is 0 Å². The fraction of sp³-hybridized carbons (Fsp3) is 0.300. The molecule has 0 aliphatic carbocycles. The number of halogens is 1. The van der Waals surface area contributed by atoms with Gasteiger partial charge in [0.2, 0.25) is 5.91 Å². The van der Waals surface area contributed by atoms with Gasteiger partial charge in [0, 0.05) is 11.1 Å². The van der Waals surface area contributed by atoms with Gasteiger partial charge in [0.05, 0.1) is 6.54 Å². The van der Waals surface area contributed by atoms with E-state index in [0.717, 1.165) is 5.56 Å². The van der Waals surface area contributed by atoms with Crippen molar-refractivity contribution in [2.24, 2.45) is 5.73 Å². The maximum absolute atomic E-state index is 10.5. The zero-order valence-electron chi connectivity index (χ0n) is 7.96. The smallest absolute Gasteiger partial charge is 0.231 e. The number of primary amides is 1. The van der Waals surface area contributed by atoms with Crippen LogP contribution in [0.4, 0.5) is 0 Å². The monoisotopic (exact) mass is 212 g/mol. The molecule has 1 aromatic carbocycles. The molecule has 0 fully saturated rings. The first-order valence-corrected chi connectivity index (χ1v) is 4.75. The Kier molecular flexibility index (Phi) is 3.92. The number of hydrogen-bond acceptors (Lipinski definition) is 2. The molecule has 0 saturated carbocycles. The van der Waals surface area contributed by atoms with Crippen molar-refractivity contribution in [1.29, 1.82) is 0 Å². The Morgan fingerprint density at radius 2 is 2.21 bits per heavy atom. The van der Waals surface area contributed by atoms with E-state index in [4.69, 9.17) is 17.3 Å². The lowest BCUT2D eigenvalue weighted by molar-refractivity contribution is -0.117. The summed E-state index contributed by atoms with van der Waals surface area (Å²) in [6, 6.07) is 7.53. The van der Waals surface area contributed by atoms with E-state index in [1.165, 1.54) is 0 Å². The first kappa shape index (κ1) is 11.0. The Hall–Kier alpha value is -1.06. The first-order valence-electron chi connectivity index (χ1n) is 4.37. The minimum Gasteiger partial charge on any atom is -0.369 e. The van der Waals surface area contributed by atoms with Gasteiger partial charge < -0.3 is 11.1 Å². The van der Waals surface area contributed by atoms with Crippen molar-refractivity contribution in [3.05, 3.63) is 34.9 Å². The van der Waals surface area contributed by atoms with Crippen LogP contribution in [0, 0.1) is 0 Å². The number of nitrogens with two attached hydrogens (primary N) is 1. The number of carbonyl (C=O) groups is 1. The van der Waals surface area contributed by atoms with E-state index < -0.39 is 0 Å². The van der Waals surface area contributed by atoms with Crippen molar-refractivity contribution >= 4 is 17.5 Å². The first-order chi connectivity index (χ1) is 6.61. The maximum atomic E-state index is 10.5. The predicted molar refractivity (Wildman–Crippen MR) is 57.1 cm³/mol. The minimum atomic E-state index is -0.371. The van der Waals surface area contributed by atoms with Crippen LogP contribution in [0.15, 0.2) is 24.3 Å². The van der Waals surface area contributed by atoms with Crippen molar-refractivity contribution in [3.8, 4) is 0 Å². The van der Waals surface area contributed by atoms with Crippen LogP contribution in [0.3, 0.4) is 0 Å². The molecular weight excluding hydrogens is 200 g/mol. The third-order valence-corrected chi connectivity index (χ3v) is 2.30. The third kappa shape index (κ3) is 3.01. The number of carbonyl (C=O) groups excluding carboxylic acids is 1. The summed E-state index contributed by atoms with van der Waals surface area (Å²) in [7, 11) is 0. The molecule has 1 unspecified atom stereocenters. The van der Waals surface area contributed by atoms with Crippen LogP contribution in [0.1, 0.15) is 18.5 Å². The van der Waals surface area contributed by atoms with Gasteiger partial charge in [0.15, 0.2) is 0 Å². The molecule has 0 spiro atoms. The van der Waals surface area contributed by atoms with Gasteiger partial charge in [-0.05, 0) is 18.6 Å². The SMILES string of the molecule is CC(NCC(N)=O)c1ccccc1Cl. The molecule has 1 atom stereocenters. The topological polar surface area (TPSA) is 55.1 Å². The highest BCUT2D eigenvalue weighted by molar-refractivity contribution is 6.31. The molecular formula is C10H13ClN2O. The van der Waals surface area contributed by atoms with E-state index in [0.29, 0.717) is 5.02 Å². The Balaban J connectivity index is 2.65. The Morgan fingerprint density at radius 3 is 2.79 bits per heavy atom. The molecule has 14 heavy (non-hydrogen) atoms. The van der Waals surface area contributed by atoms with Crippen molar-refractivity contribution in [3.63, 3.8) is 0 Å². The summed E-state index contributed by atoms with van der Waals surface area (Å²) >= 11 is 5.98. The molecule has 0 aliphatic heterocycles. The summed E-state index contributed by atoms with van der Waals surface area (Å²) in [4.78, 5) is 10.5. The van der Waals surface area contributed by atoms with Gasteiger partial charge in [-0.2, -0.15) is 0 Å². The van der Waals surface area contributed by atoms with Crippen LogP contribution in [0.2, 0.25) is 5.02 Å². The zero-order chi connectivity index (χ0) is 10.6. The molecule has 3 N–H and O–H groups in total. The van der Waals surface area contributed by atoms with Crippen LogP contribution in [0.25, 0.3) is 0 Å².